The summed E-state index contributed by atoms with van der Waals surface area (Å²) in [5.41, 5.74) is 1.21. The van der Waals surface area contributed by atoms with Crippen LogP contribution in [-0.4, -0.2) is 91.3 Å². The fraction of sp³-hybridized carbons (Fsp3) is 0.895. The summed E-state index contributed by atoms with van der Waals surface area (Å²) in [5.74, 6) is 1.67. The first-order chi connectivity index (χ1) is 11.4. The van der Waals surface area contributed by atoms with E-state index in [1.54, 1.807) is 0 Å². The molecule has 3 aliphatic heterocycles. The van der Waals surface area contributed by atoms with Gasteiger partial charge in [-0.3, -0.25) is 4.90 Å². The lowest BCUT2D eigenvalue weighted by atomic mass is 9.89. The molecule has 5 heteroatoms. The van der Waals surface area contributed by atoms with Gasteiger partial charge in [0.25, 0.3) is 0 Å². The molecule has 0 aromatic carbocycles. The number of nitrogens with one attached hydrogen (secondary N) is 1. The van der Waals surface area contributed by atoms with Crippen LogP contribution in [0, 0.1) is 11.8 Å². The minimum absolute atomic E-state index is 0.551. The Balaban J connectivity index is 1.66. The van der Waals surface area contributed by atoms with Crippen molar-refractivity contribution >= 4 is 0 Å². The van der Waals surface area contributed by atoms with Crippen LogP contribution in [0.15, 0.2) is 12.3 Å². The quantitative estimate of drug-likeness (QED) is 0.817. The SMILES string of the molecule is C=C(C)N1CC(C)NC(CC2C3CN(N(C)C)CC3CN2CC)C1. The van der Waals surface area contributed by atoms with E-state index in [1.807, 2.05) is 0 Å². The van der Waals surface area contributed by atoms with Crippen molar-refractivity contribution < 1.29 is 0 Å². The molecule has 24 heavy (non-hydrogen) atoms. The van der Waals surface area contributed by atoms with E-state index in [9.17, 15) is 0 Å². The Hall–Kier alpha value is -0.620. The second kappa shape index (κ2) is 7.32. The highest BCUT2D eigenvalue weighted by Gasteiger charge is 2.47. The summed E-state index contributed by atoms with van der Waals surface area (Å²) in [6.45, 7) is 18.1. The molecular weight excluding hydrogens is 298 g/mol. The molecule has 0 bridgehead atoms. The number of piperazine rings is 1. The number of nitrogens with zero attached hydrogens (tertiary/aromatic N) is 4. The Morgan fingerprint density at radius 1 is 1.17 bits per heavy atom. The molecule has 0 aromatic rings. The first-order valence-corrected chi connectivity index (χ1v) is 9.71. The summed E-state index contributed by atoms with van der Waals surface area (Å²) in [6, 6.07) is 1.85. The second-order valence-corrected chi connectivity index (χ2v) is 8.44. The summed E-state index contributed by atoms with van der Waals surface area (Å²) < 4.78 is 0. The fourth-order valence-corrected chi connectivity index (χ4v) is 5.15. The third-order valence-corrected chi connectivity index (χ3v) is 6.40. The zero-order valence-electron chi connectivity index (χ0n) is 16.3. The molecule has 5 nitrogen and oxygen atoms in total. The van der Waals surface area contributed by atoms with Gasteiger partial charge in [0.2, 0.25) is 0 Å². The van der Waals surface area contributed by atoms with E-state index >= 15 is 0 Å². The lowest BCUT2D eigenvalue weighted by molar-refractivity contribution is 0.0327. The minimum atomic E-state index is 0.551. The average molecular weight is 336 g/mol. The monoisotopic (exact) mass is 335 g/mol. The van der Waals surface area contributed by atoms with Crippen molar-refractivity contribution in [3.8, 4) is 0 Å². The molecule has 3 aliphatic rings. The van der Waals surface area contributed by atoms with Gasteiger partial charge in [-0.25, -0.2) is 10.0 Å². The number of hydrogen-bond acceptors (Lipinski definition) is 5. The van der Waals surface area contributed by atoms with Gasteiger partial charge in [0.05, 0.1) is 0 Å². The number of hydrogen-bond donors (Lipinski definition) is 1. The normalized spacial score (nSPS) is 38.1. The number of hydrazine groups is 1. The van der Waals surface area contributed by atoms with Gasteiger partial charge in [0, 0.05) is 70.6 Å². The van der Waals surface area contributed by atoms with E-state index < -0.39 is 0 Å². The van der Waals surface area contributed by atoms with Crippen molar-refractivity contribution in [3.63, 3.8) is 0 Å². The molecule has 3 rings (SSSR count). The molecule has 3 fully saturated rings. The smallest absolute Gasteiger partial charge is 0.0330 e. The van der Waals surface area contributed by atoms with Crippen LogP contribution in [0.25, 0.3) is 0 Å². The fourth-order valence-electron chi connectivity index (χ4n) is 5.15. The largest absolute Gasteiger partial charge is 0.372 e. The van der Waals surface area contributed by atoms with Gasteiger partial charge >= 0.3 is 0 Å². The molecule has 5 atom stereocenters. The Kier molecular flexibility index (Phi) is 5.55. The van der Waals surface area contributed by atoms with Gasteiger partial charge in [0.15, 0.2) is 0 Å². The van der Waals surface area contributed by atoms with Crippen LogP contribution in [0.5, 0.6) is 0 Å². The average Bonchev–Trinajstić information content (AvgIpc) is 3.06. The van der Waals surface area contributed by atoms with E-state index in [0.717, 1.165) is 31.0 Å². The Morgan fingerprint density at radius 3 is 2.54 bits per heavy atom. The summed E-state index contributed by atoms with van der Waals surface area (Å²) in [4.78, 5) is 5.21. The van der Waals surface area contributed by atoms with Gasteiger partial charge in [-0.1, -0.05) is 13.5 Å². The molecule has 3 heterocycles. The zero-order valence-corrected chi connectivity index (χ0v) is 16.3. The maximum Gasteiger partial charge on any atom is 0.0330 e. The van der Waals surface area contributed by atoms with Gasteiger partial charge in [-0.2, -0.15) is 0 Å². The first-order valence-electron chi connectivity index (χ1n) is 9.71. The maximum absolute atomic E-state index is 4.17. The van der Waals surface area contributed by atoms with Gasteiger partial charge in [-0.05, 0) is 38.6 Å². The summed E-state index contributed by atoms with van der Waals surface area (Å²) in [7, 11) is 4.37. The van der Waals surface area contributed by atoms with Crippen LogP contribution >= 0.6 is 0 Å². The molecule has 0 amide bonds. The third-order valence-electron chi connectivity index (χ3n) is 6.40. The predicted octanol–water partition coefficient (Wildman–Crippen LogP) is 1.30. The van der Waals surface area contributed by atoms with E-state index in [0.29, 0.717) is 12.1 Å². The second-order valence-electron chi connectivity index (χ2n) is 8.44. The van der Waals surface area contributed by atoms with E-state index in [2.05, 4.69) is 66.6 Å². The van der Waals surface area contributed by atoms with Gasteiger partial charge in [-0.15, -0.1) is 0 Å². The van der Waals surface area contributed by atoms with Crippen molar-refractivity contribution in [2.24, 2.45) is 11.8 Å². The lowest BCUT2D eigenvalue weighted by Crippen LogP contribution is -2.56. The molecule has 1 N–H and O–H groups in total. The van der Waals surface area contributed by atoms with Crippen molar-refractivity contribution in [1.29, 1.82) is 0 Å². The third kappa shape index (κ3) is 3.64. The molecule has 5 unspecified atom stereocenters. The van der Waals surface area contributed by atoms with Crippen LogP contribution in [0.4, 0.5) is 0 Å². The van der Waals surface area contributed by atoms with E-state index in [-0.39, 0.29) is 0 Å². The topological polar surface area (TPSA) is 25.0 Å². The molecule has 0 aromatic heterocycles. The van der Waals surface area contributed by atoms with Crippen molar-refractivity contribution in [3.05, 3.63) is 12.3 Å². The maximum atomic E-state index is 4.17. The predicted molar refractivity (Wildman–Crippen MR) is 101 cm³/mol. The molecule has 0 saturated carbocycles. The van der Waals surface area contributed by atoms with Gasteiger partial charge in [0.1, 0.15) is 0 Å². The van der Waals surface area contributed by atoms with Gasteiger partial charge < -0.3 is 10.2 Å². The van der Waals surface area contributed by atoms with Crippen molar-refractivity contribution in [2.45, 2.75) is 45.3 Å². The molecule has 0 aliphatic carbocycles. The minimum Gasteiger partial charge on any atom is -0.372 e. The molecule has 138 valence electrons. The number of allylic oxidation sites excluding steroid dienone is 1. The summed E-state index contributed by atoms with van der Waals surface area (Å²) in [5, 5.41) is 8.67. The number of fused-ring (bicyclic) bond motifs is 1. The first kappa shape index (κ1) is 18.2. The standard InChI is InChI=1S/C19H37N5/c1-7-22-10-16-11-24(21(5)6)13-18(16)19(22)8-17-12-23(14(2)3)9-15(4)20-17/h15-20H,2,7-13H2,1,3-6H3. The van der Waals surface area contributed by atoms with Crippen LogP contribution in [0.2, 0.25) is 0 Å². The van der Waals surface area contributed by atoms with Crippen molar-refractivity contribution in [1.82, 2.24) is 25.1 Å². The van der Waals surface area contributed by atoms with Crippen molar-refractivity contribution in [2.75, 3.05) is 53.4 Å². The zero-order chi connectivity index (χ0) is 17.4. The molecule has 3 saturated heterocycles. The highest BCUT2D eigenvalue weighted by molar-refractivity contribution is 5.02. The van der Waals surface area contributed by atoms with E-state index in [1.165, 1.54) is 38.3 Å². The van der Waals surface area contributed by atoms with Crippen LogP contribution < -0.4 is 5.32 Å². The summed E-state index contributed by atoms with van der Waals surface area (Å²) in [6.07, 6.45) is 1.27. The van der Waals surface area contributed by atoms with Crippen LogP contribution in [0.1, 0.15) is 27.2 Å². The Morgan fingerprint density at radius 2 is 1.92 bits per heavy atom. The van der Waals surface area contributed by atoms with Crippen LogP contribution in [-0.2, 0) is 0 Å². The molecule has 0 spiro atoms. The number of rotatable bonds is 5. The number of likely N-dealkylation sites (tertiary alicyclic amines) is 1. The van der Waals surface area contributed by atoms with Crippen LogP contribution in [0.3, 0.4) is 0 Å². The molecular formula is C19H37N5. The Labute approximate surface area is 148 Å². The lowest BCUT2D eigenvalue weighted by Gasteiger charge is -2.41. The highest BCUT2D eigenvalue weighted by Crippen LogP contribution is 2.38. The Bertz CT molecular complexity index is 451. The van der Waals surface area contributed by atoms with E-state index in [4.69, 9.17) is 0 Å². The summed E-state index contributed by atoms with van der Waals surface area (Å²) >= 11 is 0. The molecule has 0 radical (unpaired) electrons. The highest BCUT2D eigenvalue weighted by atomic mass is 15.6.